The summed E-state index contributed by atoms with van der Waals surface area (Å²) in [5, 5.41) is 0. The molecule has 0 saturated carbocycles. The Labute approximate surface area is 139 Å². The molecule has 0 bridgehead atoms. The molecule has 2 aromatic heterocycles. The van der Waals surface area contributed by atoms with Gasteiger partial charge >= 0.3 is 0 Å². The van der Waals surface area contributed by atoms with Crippen LogP contribution in [-0.2, 0) is 0 Å². The van der Waals surface area contributed by atoms with E-state index in [0.717, 1.165) is 7.14 Å². The average Bonchev–Trinajstić information content (AvgIpc) is 2.28. The van der Waals surface area contributed by atoms with Crippen LogP contribution >= 0.6 is 45.2 Å². The smallest absolute Gasteiger partial charge is 0.248 e. The lowest BCUT2D eigenvalue weighted by atomic mass is 10.4. The van der Waals surface area contributed by atoms with E-state index in [4.69, 9.17) is 4.74 Å². The van der Waals surface area contributed by atoms with Gasteiger partial charge in [-0.05, 0) is 71.2 Å². The molecule has 6 heteroatoms. The molecule has 0 spiro atoms. The Balaban J connectivity index is 0.000000200. The van der Waals surface area contributed by atoms with Gasteiger partial charge in [-0.15, -0.1) is 0 Å². The third-order valence-corrected chi connectivity index (χ3v) is 3.13. The summed E-state index contributed by atoms with van der Waals surface area (Å²) >= 11 is 4.32. The van der Waals surface area contributed by atoms with Gasteiger partial charge in [0.15, 0.2) is 0 Å². The zero-order chi connectivity index (χ0) is 14.3. The molecule has 2 rings (SSSR count). The largest absolute Gasteiger partial charge is 0.475 e. The van der Waals surface area contributed by atoms with Crippen molar-refractivity contribution in [1.82, 2.24) is 9.97 Å². The zero-order valence-corrected chi connectivity index (χ0v) is 14.9. The van der Waals surface area contributed by atoms with Crippen LogP contribution in [0.15, 0.2) is 41.5 Å². The zero-order valence-electron chi connectivity index (χ0n) is 10.6. The second kappa shape index (κ2) is 8.51. The molecular formula is C13H14I2N2O2. The third kappa shape index (κ3) is 7.51. The molecule has 2 heterocycles. The standard InChI is InChI=1S/C8H10INO.C5H4INO/c1-6(2)11-8-5-7(9)3-4-10-8;6-4-1-2-7-5(8)3-4/h3-6H,1-2H3;1-3H,(H,7,8). The monoisotopic (exact) mass is 484 g/mol. The van der Waals surface area contributed by atoms with Crippen molar-refractivity contribution in [2.45, 2.75) is 20.0 Å². The van der Waals surface area contributed by atoms with E-state index in [-0.39, 0.29) is 11.7 Å². The van der Waals surface area contributed by atoms with Gasteiger partial charge in [0.1, 0.15) is 0 Å². The predicted molar refractivity (Wildman–Crippen MR) is 92.5 cm³/mol. The van der Waals surface area contributed by atoms with E-state index < -0.39 is 0 Å². The molecule has 0 atom stereocenters. The van der Waals surface area contributed by atoms with Crippen LogP contribution in [0.1, 0.15) is 13.8 Å². The number of halogens is 2. The second-order valence-electron chi connectivity index (χ2n) is 3.85. The molecule has 102 valence electrons. The number of hydrogen-bond donors (Lipinski definition) is 1. The summed E-state index contributed by atoms with van der Waals surface area (Å²) in [7, 11) is 0. The van der Waals surface area contributed by atoms with Gasteiger partial charge < -0.3 is 9.72 Å². The number of aromatic nitrogens is 2. The highest BCUT2D eigenvalue weighted by atomic mass is 127. The van der Waals surface area contributed by atoms with Crippen molar-refractivity contribution in [1.29, 1.82) is 0 Å². The van der Waals surface area contributed by atoms with E-state index in [1.165, 1.54) is 0 Å². The van der Waals surface area contributed by atoms with Gasteiger partial charge in [0, 0.05) is 31.7 Å². The number of H-pyrrole nitrogens is 1. The topological polar surface area (TPSA) is 55.0 Å². The minimum Gasteiger partial charge on any atom is -0.475 e. The highest BCUT2D eigenvalue weighted by molar-refractivity contribution is 14.1. The Bertz CT molecular complexity index is 570. The van der Waals surface area contributed by atoms with Gasteiger partial charge in [-0.2, -0.15) is 0 Å². The first-order valence-electron chi connectivity index (χ1n) is 5.60. The number of pyridine rings is 2. The number of ether oxygens (including phenoxy) is 1. The Morgan fingerprint density at radius 1 is 1.21 bits per heavy atom. The van der Waals surface area contributed by atoms with Crippen LogP contribution in [0.3, 0.4) is 0 Å². The Morgan fingerprint density at radius 3 is 2.37 bits per heavy atom. The fraction of sp³-hybridized carbons (Fsp3) is 0.231. The van der Waals surface area contributed by atoms with E-state index in [1.54, 1.807) is 18.5 Å². The number of nitrogens with one attached hydrogen (secondary N) is 1. The van der Waals surface area contributed by atoms with Crippen molar-refractivity contribution in [2.75, 3.05) is 0 Å². The quantitative estimate of drug-likeness (QED) is 0.665. The fourth-order valence-corrected chi connectivity index (χ4v) is 2.00. The van der Waals surface area contributed by atoms with Gasteiger partial charge in [0.2, 0.25) is 11.4 Å². The van der Waals surface area contributed by atoms with Gasteiger partial charge in [-0.3, -0.25) is 4.79 Å². The molecule has 0 saturated heterocycles. The minimum absolute atomic E-state index is 0.0445. The van der Waals surface area contributed by atoms with Crippen molar-refractivity contribution in [3.63, 3.8) is 0 Å². The van der Waals surface area contributed by atoms with Crippen LogP contribution in [0, 0.1) is 7.14 Å². The van der Waals surface area contributed by atoms with Crippen molar-refractivity contribution in [3.8, 4) is 5.88 Å². The van der Waals surface area contributed by atoms with Gasteiger partial charge in [0.25, 0.3) is 0 Å². The van der Waals surface area contributed by atoms with Crippen molar-refractivity contribution in [3.05, 3.63) is 54.2 Å². The van der Waals surface area contributed by atoms with Crippen LogP contribution in [0.4, 0.5) is 0 Å². The van der Waals surface area contributed by atoms with Gasteiger partial charge in [-0.1, -0.05) is 0 Å². The maximum atomic E-state index is 10.4. The Hall–Kier alpha value is -0.640. The van der Waals surface area contributed by atoms with Crippen molar-refractivity contribution in [2.24, 2.45) is 0 Å². The molecule has 0 amide bonds. The van der Waals surface area contributed by atoms with Gasteiger partial charge in [-0.25, -0.2) is 4.98 Å². The van der Waals surface area contributed by atoms with Crippen LogP contribution < -0.4 is 10.3 Å². The molecule has 0 radical (unpaired) electrons. The summed E-state index contributed by atoms with van der Waals surface area (Å²) in [6.07, 6.45) is 3.57. The maximum Gasteiger partial charge on any atom is 0.248 e. The van der Waals surface area contributed by atoms with Crippen LogP contribution in [-0.4, -0.2) is 16.1 Å². The predicted octanol–water partition coefficient (Wildman–Crippen LogP) is 3.45. The number of aromatic amines is 1. The lowest BCUT2D eigenvalue weighted by molar-refractivity contribution is 0.232. The second-order valence-corrected chi connectivity index (χ2v) is 6.34. The van der Waals surface area contributed by atoms with E-state index in [2.05, 4.69) is 55.1 Å². The summed E-state index contributed by atoms with van der Waals surface area (Å²) in [4.78, 5) is 17.0. The van der Waals surface area contributed by atoms with Crippen LogP contribution in [0.25, 0.3) is 0 Å². The minimum atomic E-state index is -0.0445. The first kappa shape index (κ1) is 16.4. The fourth-order valence-electron chi connectivity index (χ4n) is 1.11. The van der Waals surface area contributed by atoms with Crippen molar-refractivity contribution < 1.29 is 4.74 Å². The highest BCUT2D eigenvalue weighted by Gasteiger charge is 1.97. The van der Waals surface area contributed by atoms with E-state index in [0.29, 0.717) is 5.88 Å². The molecule has 0 unspecified atom stereocenters. The van der Waals surface area contributed by atoms with Crippen LogP contribution in [0.2, 0.25) is 0 Å². The molecule has 0 aliphatic rings. The first-order valence-corrected chi connectivity index (χ1v) is 7.75. The summed E-state index contributed by atoms with van der Waals surface area (Å²) < 4.78 is 7.49. The van der Waals surface area contributed by atoms with Crippen molar-refractivity contribution >= 4 is 45.2 Å². The Kier molecular flexibility index (Phi) is 7.36. The van der Waals surface area contributed by atoms with E-state index in [1.807, 2.05) is 32.0 Å². The number of rotatable bonds is 2. The molecule has 0 aromatic carbocycles. The third-order valence-electron chi connectivity index (χ3n) is 1.79. The molecule has 0 fully saturated rings. The molecule has 19 heavy (non-hydrogen) atoms. The van der Waals surface area contributed by atoms with E-state index >= 15 is 0 Å². The van der Waals surface area contributed by atoms with Gasteiger partial charge in [0.05, 0.1) is 6.10 Å². The SMILES string of the molecule is CC(C)Oc1cc(I)ccn1.O=c1cc(I)cc[nH]1. The van der Waals surface area contributed by atoms with E-state index in [9.17, 15) is 4.79 Å². The normalized spacial score (nSPS) is 9.74. The highest BCUT2D eigenvalue weighted by Crippen LogP contribution is 2.12. The molecule has 0 aliphatic heterocycles. The summed E-state index contributed by atoms with van der Waals surface area (Å²) in [6, 6.07) is 7.23. The average molecular weight is 484 g/mol. The molecule has 2 aromatic rings. The summed E-state index contributed by atoms with van der Waals surface area (Å²) in [6.45, 7) is 3.98. The number of hydrogen-bond acceptors (Lipinski definition) is 3. The lowest BCUT2D eigenvalue weighted by Gasteiger charge is -2.07. The Morgan fingerprint density at radius 2 is 1.89 bits per heavy atom. The molecular weight excluding hydrogens is 470 g/mol. The number of nitrogens with zero attached hydrogens (tertiary/aromatic N) is 1. The maximum absolute atomic E-state index is 10.4. The molecule has 0 aliphatic carbocycles. The summed E-state index contributed by atoms with van der Waals surface area (Å²) in [5.41, 5.74) is -0.0445. The lowest BCUT2D eigenvalue weighted by Crippen LogP contribution is -2.06. The molecule has 1 N–H and O–H groups in total. The summed E-state index contributed by atoms with van der Waals surface area (Å²) in [5.74, 6) is 0.701. The molecule has 4 nitrogen and oxygen atoms in total. The van der Waals surface area contributed by atoms with Crippen LogP contribution in [0.5, 0.6) is 5.88 Å². The first-order chi connectivity index (χ1) is 8.97.